The van der Waals surface area contributed by atoms with E-state index in [0.29, 0.717) is 11.1 Å². The fraction of sp³-hybridized carbons (Fsp3) is 0.294. The Morgan fingerprint density at radius 1 is 1.30 bits per heavy atom. The third-order valence-electron chi connectivity index (χ3n) is 3.83. The van der Waals surface area contributed by atoms with Crippen LogP contribution < -0.4 is 0 Å². The molecule has 0 radical (unpaired) electrons. The standard InChI is InChI=1S/C17H15F3N4O3/c1-3-26-15(25)13-8-21-24(9-13)10(2)11-4-6-12(7-5-11)14-22-16(27-23-14)17(18,19)20/h4-10H,3H2,1-2H3. The molecule has 27 heavy (non-hydrogen) atoms. The van der Waals surface area contributed by atoms with Crippen LogP contribution in [-0.4, -0.2) is 32.5 Å². The maximum Gasteiger partial charge on any atom is 0.471 e. The van der Waals surface area contributed by atoms with Crippen molar-refractivity contribution >= 4 is 5.97 Å². The van der Waals surface area contributed by atoms with Crippen LogP contribution in [0.2, 0.25) is 0 Å². The van der Waals surface area contributed by atoms with Crippen molar-refractivity contribution in [1.82, 2.24) is 19.9 Å². The molecule has 0 bridgehead atoms. The lowest BCUT2D eigenvalue weighted by Gasteiger charge is -2.12. The predicted molar refractivity (Wildman–Crippen MR) is 86.7 cm³/mol. The van der Waals surface area contributed by atoms with Crippen LogP contribution in [0.25, 0.3) is 11.4 Å². The van der Waals surface area contributed by atoms with Crippen molar-refractivity contribution in [2.75, 3.05) is 6.61 Å². The van der Waals surface area contributed by atoms with Gasteiger partial charge >= 0.3 is 18.0 Å². The van der Waals surface area contributed by atoms with Crippen molar-refractivity contribution in [2.24, 2.45) is 0 Å². The summed E-state index contributed by atoms with van der Waals surface area (Å²) in [5.74, 6) is -1.99. The first-order chi connectivity index (χ1) is 12.8. The van der Waals surface area contributed by atoms with Gasteiger partial charge in [0.2, 0.25) is 5.82 Å². The summed E-state index contributed by atoms with van der Waals surface area (Å²) in [6, 6.07) is 6.40. The highest BCUT2D eigenvalue weighted by atomic mass is 19.4. The minimum Gasteiger partial charge on any atom is -0.462 e. The van der Waals surface area contributed by atoms with Crippen LogP contribution in [-0.2, 0) is 10.9 Å². The van der Waals surface area contributed by atoms with E-state index in [1.165, 1.54) is 6.20 Å². The van der Waals surface area contributed by atoms with E-state index >= 15 is 0 Å². The van der Waals surface area contributed by atoms with Crippen LogP contribution >= 0.6 is 0 Å². The Labute approximate surface area is 151 Å². The monoisotopic (exact) mass is 380 g/mol. The zero-order valence-electron chi connectivity index (χ0n) is 14.4. The van der Waals surface area contributed by atoms with Gasteiger partial charge in [-0.05, 0) is 19.4 Å². The molecule has 0 N–H and O–H groups in total. The molecule has 1 atom stereocenters. The molecule has 1 aromatic carbocycles. The lowest BCUT2D eigenvalue weighted by molar-refractivity contribution is -0.159. The molecule has 2 aromatic heterocycles. The van der Waals surface area contributed by atoms with E-state index in [2.05, 4.69) is 19.8 Å². The average Bonchev–Trinajstić information content (AvgIpc) is 3.31. The van der Waals surface area contributed by atoms with Gasteiger partial charge in [0.25, 0.3) is 0 Å². The number of benzene rings is 1. The second-order valence-electron chi connectivity index (χ2n) is 5.65. The molecule has 0 saturated carbocycles. The Balaban J connectivity index is 1.77. The summed E-state index contributed by atoms with van der Waals surface area (Å²) in [6.45, 7) is 3.86. The number of alkyl halides is 3. The Kier molecular flexibility index (Phi) is 4.98. The lowest BCUT2D eigenvalue weighted by atomic mass is 10.1. The molecule has 0 aliphatic heterocycles. The molecule has 0 amide bonds. The highest BCUT2D eigenvalue weighted by molar-refractivity contribution is 5.88. The summed E-state index contributed by atoms with van der Waals surface area (Å²) in [5, 5.41) is 7.51. The van der Waals surface area contributed by atoms with Crippen molar-refractivity contribution in [3.63, 3.8) is 0 Å². The number of carbonyl (C=O) groups excluding carboxylic acids is 1. The van der Waals surface area contributed by atoms with Gasteiger partial charge in [-0.15, -0.1) is 0 Å². The fourth-order valence-corrected chi connectivity index (χ4v) is 2.39. The van der Waals surface area contributed by atoms with E-state index in [4.69, 9.17) is 4.74 Å². The molecule has 10 heteroatoms. The normalized spacial score (nSPS) is 12.8. The van der Waals surface area contributed by atoms with E-state index in [9.17, 15) is 18.0 Å². The van der Waals surface area contributed by atoms with Crippen molar-refractivity contribution in [1.29, 1.82) is 0 Å². The Bertz CT molecular complexity index is 932. The van der Waals surface area contributed by atoms with E-state index < -0.39 is 18.0 Å². The number of ether oxygens (including phenoxy) is 1. The second kappa shape index (κ2) is 7.22. The first-order valence-corrected chi connectivity index (χ1v) is 8.02. The lowest BCUT2D eigenvalue weighted by Crippen LogP contribution is -2.08. The quantitative estimate of drug-likeness (QED) is 0.627. The third kappa shape index (κ3) is 3.99. The Morgan fingerprint density at radius 3 is 2.59 bits per heavy atom. The minimum absolute atomic E-state index is 0.148. The molecule has 7 nitrogen and oxygen atoms in total. The SMILES string of the molecule is CCOC(=O)c1cnn(C(C)c2ccc(-c3noc(C(F)(F)F)n3)cc2)c1. The fourth-order valence-electron chi connectivity index (χ4n) is 2.39. The Hall–Kier alpha value is -3.17. The predicted octanol–water partition coefficient (Wildman–Crippen LogP) is 3.74. The summed E-state index contributed by atoms with van der Waals surface area (Å²) in [6.07, 6.45) is -1.69. The van der Waals surface area contributed by atoms with Crippen LogP contribution in [0.4, 0.5) is 13.2 Å². The van der Waals surface area contributed by atoms with Crippen molar-refractivity contribution in [3.8, 4) is 11.4 Å². The number of nitrogens with zero attached hydrogens (tertiary/aromatic N) is 4. The van der Waals surface area contributed by atoms with Gasteiger partial charge in [0.1, 0.15) is 0 Å². The zero-order chi connectivity index (χ0) is 19.6. The van der Waals surface area contributed by atoms with E-state index in [1.54, 1.807) is 42.1 Å². The smallest absolute Gasteiger partial charge is 0.462 e. The van der Waals surface area contributed by atoms with Gasteiger partial charge in [0, 0.05) is 11.8 Å². The maximum absolute atomic E-state index is 12.5. The number of hydrogen-bond acceptors (Lipinski definition) is 6. The summed E-state index contributed by atoms with van der Waals surface area (Å²) in [5.41, 5.74) is 1.56. The number of rotatable bonds is 5. The molecular formula is C17H15F3N4O3. The van der Waals surface area contributed by atoms with Crippen LogP contribution in [0, 0.1) is 0 Å². The van der Waals surface area contributed by atoms with Crippen LogP contribution in [0.5, 0.6) is 0 Å². The third-order valence-corrected chi connectivity index (χ3v) is 3.83. The van der Waals surface area contributed by atoms with Crippen LogP contribution in [0.15, 0.2) is 41.2 Å². The first-order valence-electron chi connectivity index (χ1n) is 8.02. The molecule has 0 spiro atoms. The molecule has 0 aliphatic carbocycles. The number of carbonyl (C=O) groups is 1. The topological polar surface area (TPSA) is 83.0 Å². The number of hydrogen-bond donors (Lipinski definition) is 0. The molecule has 0 fully saturated rings. The van der Waals surface area contributed by atoms with Crippen LogP contribution in [0.1, 0.15) is 41.7 Å². The maximum atomic E-state index is 12.5. The molecule has 3 aromatic rings. The number of aromatic nitrogens is 4. The van der Waals surface area contributed by atoms with Gasteiger partial charge in [-0.2, -0.15) is 23.3 Å². The van der Waals surface area contributed by atoms with Gasteiger partial charge in [0.15, 0.2) is 0 Å². The molecule has 142 valence electrons. The molecular weight excluding hydrogens is 365 g/mol. The van der Waals surface area contributed by atoms with Crippen molar-refractivity contribution in [3.05, 3.63) is 53.7 Å². The summed E-state index contributed by atoms with van der Waals surface area (Å²) in [4.78, 5) is 15.1. The van der Waals surface area contributed by atoms with Gasteiger partial charge in [-0.1, -0.05) is 29.4 Å². The molecule has 0 aliphatic rings. The minimum atomic E-state index is -4.68. The van der Waals surface area contributed by atoms with E-state index in [1.807, 2.05) is 6.92 Å². The van der Waals surface area contributed by atoms with Gasteiger partial charge in [-0.3, -0.25) is 4.68 Å². The van der Waals surface area contributed by atoms with Crippen molar-refractivity contribution in [2.45, 2.75) is 26.1 Å². The molecule has 1 unspecified atom stereocenters. The zero-order valence-corrected chi connectivity index (χ0v) is 14.4. The van der Waals surface area contributed by atoms with Crippen LogP contribution in [0.3, 0.4) is 0 Å². The van der Waals surface area contributed by atoms with Gasteiger partial charge < -0.3 is 9.26 Å². The molecule has 3 rings (SSSR count). The highest BCUT2D eigenvalue weighted by Gasteiger charge is 2.38. The van der Waals surface area contributed by atoms with Gasteiger partial charge in [0.05, 0.1) is 24.4 Å². The average molecular weight is 380 g/mol. The molecule has 2 heterocycles. The van der Waals surface area contributed by atoms with E-state index in [-0.39, 0.29) is 18.5 Å². The second-order valence-corrected chi connectivity index (χ2v) is 5.65. The number of halogens is 3. The summed E-state index contributed by atoms with van der Waals surface area (Å²) >= 11 is 0. The van der Waals surface area contributed by atoms with Gasteiger partial charge in [-0.25, -0.2) is 4.79 Å². The largest absolute Gasteiger partial charge is 0.471 e. The highest BCUT2D eigenvalue weighted by Crippen LogP contribution is 2.29. The summed E-state index contributed by atoms with van der Waals surface area (Å²) < 4.78 is 48.4. The molecule has 0 saturated heterocycles. The number of esters is 1. The first kappa shape index (κ1) is 18.6. The van der Waals surface area contributed by atoms with E-state index in [0.717, 1.165) is 5.56 Å². The Morgan fingerprint density at radius 2 is 2.00 bits per heavy atom. The van der Waals surface area contributed by atoms with Crippen molar-refractivity contribution < 1.29 is 27.2 Å². The summed E-state index contributed by atoms with van der Waals surface area (Å²) in [7, 11) is 0.